The summed E-state index contributed by atoms with van der Waals surface area (Å²) in [6.07, 6.45) is 1.01. The highest BCUT2D eigenvalue weighted by molar-refractivity contribution is 7.14. The lowest BCUT2D eigenvalue weighted by atomic mass is 9.98. The Bertz CT molecular complexity index is 555. The maximum atomic E-state index is 5.92. The zero-order valence-electron chi connectivity index (χ0n) is 9.84. The van der Waals surface area contributed by atoms with Crippen molar-refractivity contribution in [3.05, 3.63) is 40.4 Å². The lowest BCUT2D eigenvalue weighted by Crippen LogP contribution is -2.17. The van der Waals surface area contributed by atoms with Crippen LogP contribution in [-0.2, 0) is 0 Å². The number of para-hydroxylation sites is 1. The number of hydrogen-bond acceptors (Lipinski definition) is 4. The van der Waals surface area contributed by atoms with Crippen LogP contribution in [0.15, 0.2) is 29.6 Å². The van der Waals surface area contributed by atoms with Crippen molar-refractivity contribution in [3.63, 3.8) is 0 Å². The van der Waals surface area contributed by atoms with Gasteiger partial charge in [0.15, 0.2) is 5.13 Å². The molecule has 0 saturated carbocycles. The van der Waals surface area contributed by atoms with E-state index >= 15 is 0 Å². The molecule has 18 heavy (non-hydrogen) atoms. The number of benzene rings is 1. The summed E-state index contributed by atoms with van der Waals surface area (Å²) in [5.41, 5.74) is 8.31. The molecule has 0 aliphatic carbocycles. The topological polar surface area (TPSA) is 42.1 Å². The fourth-order valence-corrected chi connectivity index (χ4v) is 3.46. The predicted molar refractivity (Wildman–Crippen MR) is 77.0 cm³/mol. The van der Waals surface area contributed by atoms with E-state index in [1.165, 1.54) is 11.3 Å². The number of fused-ring (bicyclic) bond motifs is 1. The standard InChI is InChI=1S/C13H14ClN3S/c14-12-8-18-13(16-12)17-7-9(5-6-15)10-3-1-2-4-11(10)17/h1-4,8-9H,5-7,15H2. The molecule has 5 heteroatoms. The van der Waals surface area contributed by atoms with Gasteiger partial charge in [-0.1, -0.05) is 29.8 Å². The Hall–Kier alpha value is -1.10. The van der Waals surface area contributed by atoms with Gasteiger partial charge in [-0.3, -0.25) is 0 Å². The highest BCUT2D eigenvalue weighted by Gasteiger charge is 2.29. The first-order chi connectivity index (χ1) is 8.79. The van der Waals surface area contributed by atoms with Gasteiger partial charge < -0.3 is 10.6 Å². The summed E-state index contributed by atoms with van der Waals surface area (Å²) in [4.78, 5) is 6.61. The summed E-state index contributed by atoms with van der Waals surface area (Å²) in [6, 6.07) is 8.47. The first-order valence-electron chi connectivity index (χ1n) is 5.97. The largest absolute Gasteiger partial charge is 0.330 e. The zero-order chi connectivity index (χ0) is 12.5. The summed E-state index contributed by atoms with van der Waals surface area (Å²) >= 11 is 7.50. The number of hydrogen-bond donors (Lipinski definition) is 1. The SMILES string of the molecule is NCCC1CN(c2nc(Cl)cs2)c2ccccc21. The molecule has 2 N–H and O–H groups in total. The van der Waals surface area contributed by atoms with E-state index in [9.17, 15) is 0 Å². The van der Waals surface area contributed by atoms with E-state index in [-0.39, 0.29) is 0 Å². The normalized spacial score (nSPS) is 18.1. The van der Waals surface area contributed by atoms with E-state index in [1.807, 2.05) is 5.38 Å². The number of thiazole rings is 1. The Morgan fingerprint density at radius 3 is 3.00 bits per heavy atom. The molecule has 0 saturated heterocycles. The minimum absolute atomic E-state index is 0.494. The van der Waals surface area contributed by atoms with Gasteiger partial charge in [0, 0.05) is 23.5 Å². The third-order valence-electron chi connectivity index (χ3n) is 3.28. The lowest BCUT2D eigenvalue weighted by molar-refractivity contribution is 0.668. The van der Waals surface area contributed by atoms with Crippen LogP contribution in [0.3, 0.4) is 0 Å². The Morgan fingerprint density at radius 2 is 2.28 bits per heavy atom. The number of rotatable bonds is 3. The molecule has 0 amide bonds. The van der Waals surface area contributed by atoms with Crippen LogP contribution < -0.4 is 10.6 Å². The highest BCUT2D eigenvalue weighted by atomic mass is 35.5. The van der Waals surface area contributed by atoms with Crippen molar-refractivity contribution >= 4 is 33.8 Å². The van der Waals surface area contributed by atoms with Crippen LogP contribution in [-0.4, -0.2) is 18.1 Å². The van der Waals surface area contributed by atoms with Crippen molar-refractivity contribution in [1.29, 1.82) is 0 Å². The molecule has 1 aromatic heterocycles. The van der Waals surface area contributed by atoms with Crippen molar-refractivity contribution in [2.45, 2.75) is 12.3 Å². The van der Waals surface area contributed by atoms with Gasteiger partial charge in [-0.25, -0.2) is 4.98 Å². The third-order valence-corrected chi connectivity index (χ3v) is 4.47. The molecule has 1 atom stereocenters. The van der Waals surface area contributed by atoms with Gasteiger partial charge in [0.05, 0.1) is 0 Å². The highest BCUT2D eigenvalue weighted by Crippen LogP contribution is 2.43. The van der Waals surface area contributed by atoms with E-state index < -0.39 is 0 Å². The molecule has 3 rings (SSSR count). The maximum Gasteiger partial charge on any atom is 0.191 e. The van der Waals surface area contributed by atoms with Gasteiger partial charge in [0.25, 0.3) is 0 Å². The third kappa shape index (κ3) is 2.00. The Morgan fingerprint density at radius 1 is 1.44 bits per heavy atom. The fraction of sp³-hybridized carbons (Fsp3) is 0.308. The second-order valence-corrected chi connectivity index (χ2v) is 5.62. The monoisotopic (exact) mass is 279 g/mol. The van der Waals surface area contributed by atoms with Gasteiger partial charge in [-0.05, 0) is 24.6 Å². The van der Waals surface area contributed by atoms with E-state index in [0.717, 1.165) is 18.1 Å². The zero-order valence-corrected chi connectivity index (χ0v) is 11.4. The summed E-state index contributed by atoms with van der Waals surface area (Å²) < 4.78 is 0. The Labute approximate surface area is 115 Å². The van der Waals surface area contributed by atoms with Crippen LogP contribution in [0, 0.1) is 0 Å². The summed E-state index contributed by atoms with van der Waals surface area (Å²) in [5.74, 6) is 0.494. The molecule has 94 valence electrons. The van der Waals surface area contributed by atoms with Crippen molar-refractivity contribution < 1.29 is 0 Å². The molecule has 0 spiro atoms. The van der Waals surface area contributed by atoms with Gasteiger partial charge in [0.1, 0.15) is 5.15 Å². The van der Waals surface area contributed by atoms with Gasteiger partial charge in [-0.2, -0.15) is 0 Å². The minimum atomic E-state index is 0.494. The van der Waals surface area contributed by atoms with Crippen molar-refractivity contribution in [2.75, 3.05) is 18.0 Å². The maximum absolute atomic E-state index is 5.92. The summed E-state index contributed by atoms with van der Waals surface area (Å²) in [6.45, 7) is 1.66. The average molecular weight is 280 g/mol. The molecule has 1 aliphatic rings. The molecule has 2 heterocycles. The first kappa shape index (κ1) is 12.0. The van der Waals surface area contributed by atoms with Crippen LogP contribution >= 0.6 is 22.9 Å². The average Bonchev–Trinajstić information content (AvgIpc) is 2.95. The number of nitrogens with two attached hydrogens (primary N) is 1. The second-order valence-electron chi connectivity index (χ2n) is 4.40. The Kier molecular flexibility index (Phi) is 3.24. The van der Waals surface area contributed by atoms with E-state index in [2.05, 4.69) is 34.1 Å². The molecular weight excluding hydrogens is 266 g/mol. The van der Waals surface area contributed by atoms with Crippen molar-refractivity contribution in [3.8, 4) is 0 Å². The Balaban J connectivity index is 1.99. The molecule has 3 nitrogen and oxygen atoms in total. The molecule has 2 aromatic rings. The number of aromatic nitrogens is 1. The number of halogens is 1. The summed E-state index contributed by atoms with van der Waals surface area (Å²) in [7, 11) is 0. The van der Waals surface area contributed by atoms with Crippen LogP contribution in [0.2, 0.25) is 5.15 Å². The van der Waals surface area contributed by atoms with Crippen molar-refractivity contribution in [2.24, 2.45) is 5.73 Å². The lowest BCUT2D eigenvalue weighted by Gasteiger charge is -2.16. The number of anilines is 2. The predicted octanol–water partition coefficient (Wildman–Crippen LogP) is 3.38. The number of nitrogens with zero attached hydrogens (tertiary/aromatic N) is 2. The van der Waals surface area contributed by atoms with Gasteiger partial charge in [-0.15, -0.1) is 11.3 Å². The molecule has 1 unspecified atom stereocenters. The van der Waals surface area contributed by atoms with Gasteiger partial charge >= 0.3 is 0 Å². The molecule has 0 bridgehead atoms. The quantitative estimate of drug-likeness (QED) is 0.936. The summed E-state index contributed by atoms with van der Waals surface area (Å²) in [5, 5.41) is 3.40. The fourth-order valence-electron chi connectivity index (χ4n) is 2.49. The molecule has 0 fully saturated rings. The van der Waals surface area contributed by atoms with Crippen LogP contribution in [0.5, 0.6) is 0 Å². The van der Waals surface area contributed by atoms with E-state index in [1.54, 1.807) is 11.3 Å². The van der Waals surface area contributed by atoms with Crippen LogP contribution in [0.4, 0.5) is 10.8 Å². The van der Waals surface area contributed by atoms with Crippen LogP contribution in [0.25, 0.3) is 0 Å². The van der Waals surface area contributed by atoms with Crippen LogP contribution in [0.1, 0.15) is 17.9 Å². The molecule has 0 radical (unpaired) electrons. The smallest absolute Gasteiger partial charge is 0.191 e. The molecule has 1 aliphatic heterocycles. The van der Waals surface area contributed by atoms with E-state index in [0.29, 0.717) is 17.6 Å². The van der Waals surface area contributed by atoms with Gasteiger partial charge in [0.2, 0.25) is 0 Å². The van der Waals surface area contributed by atoms with Crippen molar-refractivity contribution in [1.82, 2.24) is 4.98 Å². The van der Waals surface area contributed by atoms with E-state index in [4.69, 9.17) is 17.3 Å². The minimum Gasteiger partial charge on any atom is -0.330 e. The second kappa shape index (κ2) is 4.88. The first-order valence-corrected chi connectivity index (χ1v) is 7.23. The molecular formula is C13H14ClN3S. The molecule has 1 aromatic carbocycles.